The molecule has 1 unspecified atom stereocenters. The number of para-hydroxylation sites is 1. The number of ether oxygens (including phenoxy) is 2. The van der Waals surface area contributed by atoms with Crippen molar-refractivity contribution in [2.75, 3.05) is 7.11 Å². The highest BCUT2D eigenvalue weighted by molar-refractivity contribution is 5.98. The van der Waals surface area contributed by atoms with Gasteiger partial charge in [0.15, 0.2) is 0 Å². The van der Waals surface area contributed by atoms with Crippen molar-refractivity contribution in [1.82, 2.24) is 4.98 Å². The van der Waals surface area contributed by atoms with E-state index in [1.54, 1.807) is 7.11 Å². The lowest BCUT2D eigenvalue weighted by molar-refractivity contribution is -0.0770. The normalized spacial score (nSPS) is 15.1. The fourth-order valence-corrected chi connectivity index (χ4v) is 3.71. The Kier molecular flexibility index (Phi) is 5.00. The summed E-state index contributed by atoms with van der Waals surface area (Å²) in [5.41, 5.74) is 6.46. The first kappa shape index (κ1) is 19.1. The minimum Gasteiger partial charge on any atom is -0.458 e. The van der Waals surface area contributed by atoms with Gasteiger partial charge in [-0.05, 0) is 31.2 Å². The molecule has 1 aliphatic heterocycles. The van der Waals surface area contributed by atoms with E-state index < -0.39 is 6.29 Å². The lowest BCUT2D eigenvalue weighted by Gasteiger charge is -2.28. The van der Waals surface area contributed by atoms with Crippen LogP contribution in [0.15, 0.2) is 84.9 Å². The minimum absolute atomic E-state index is 0.549. The van der Waals surface area contributed by atoms with Gasteiger partial charge in [-0.1, -0.05) is 78.1 Å². The zero-order valence-corrected chi connectivity index (χ0v) is 17.4. The third-order valence-corrected chi connectivity index (χ3v) is 5.33. The molecule has 0 aliphatic carbocycles. The molecule has 0 N–H and O–H groups in total. The standard InChI is InChI=1S/C28H21NO2/c1-19-12-14-20(15-13-19)16-17-23-26-24(18-22-10-6-7-11-25(22)29-26)28(30-2)31-27(23)21-8-4-3-5-9-21/h3-15,18,28H,1-2H3. The van der Waals surface area contributed by atoms with Crippen LogP contribution >= 0.6 is 0 Å². The molecule has 3 nitrogen and oxygen atoms in total. The van der Waals surface area contributed by atoms with E-state index in [9.17, 15) is 0 Å². The van der Waals surface area contributed by atoms with Crippen LogP contribution in [0.4, 0.5) is 0 Å². The van der Waals surface area contributed by atoms with Crippen LogP contribution in [0, 0.1) is 18.8 Å². The Labute approximate surface area is 182 Å². The first-order valence-corrected chi connectivity index (χ1v) is 10.2. The van der Waals surface area contributed by atoms with Gasteiger partial charge in [0.1, 0.15) is 5.76 Å². The summed E-state index contributed by atoms with van der Waals surface area (Å²) in [5, 5.41) is 1.04. The molecule has 1 aromatic heterocycles. The maximum Gasteiger partial charge on any atom is 0.228 e. The molecule has 0 radical (unpaired) electrons. The van der Waals surface area contributed by atoms with E-state index in [2.05, 4.69) is 37.0 Å². The molecule has 3 heteroatoms. The number of benzene rings is 3. The van der Waals surface area contributed by atoms with Gasteiger partial charge in [-0.15, -0.1) is 0 Å². The summed E-state index contributed by atoms with van der Waals surface area (Å²) in [6.07, 6.45) is -0.549. The van der Waals surface area contributed by atoms with Gasteiger partial charge in [0, 0.05) is 29.2 Å². The molecule has 1 atom stereocenters. The summed E-state index contributed by atoms with van der Waals surface area (Å²) in [6.45, 7) is 2.07. The first-order chi connectivity index (χ1) is 15.2. The predicted molar refractivity (Wildman–Crippen MR) is 124 cm³/mol. The molecule has 3 aromatic carbocycles. The molecule has 0 spiro atoms. The molecule has 0 fully saturated rings. The number of hydrogen-bond acceptors (Lipinski definition) is 3. The van der Waals surface area contributed by atoms with Crippen molar-refractivity contribution < 1.29 is 9.47 Å². The highest BCUT2D eigenvalue weighted by Gasteiger charge is 2.30. The van der Waals surface area contributed by atoms with Gasteiger partial charge in [0.2, 0.25) is 6.29 Å². The van der Waals surface area contributed by atoms with Crippen molar-refractivity contribution in [2.24, 2.45) is 0 Å². The number of fused-ring (bicyclic) bond motifs is 2. The fraction of sp³-hybridized carbons (Fsp3) is 0.107. The molecule has 4 aromatic rings. The Hall–Kier alpha value is -3.87. The van der Waals surface area contributed by atoms with E-state index in [1.165, 1.54) is 5.56 Å². The third kappa shape index (κ3) is 3.70. The van der Waals surface area contributed by atoms with Gasteiger partial charge in [-0.25, -0.2) is 4.98 Å². The van der Waals surface area contributed by atoms with Crippen molar-refractivity contribution in [3.05, 3.63) is 113 Å². The zero-order valence-electron chi connectivity index (χ0n) is 17.4. The van der Waals surface area contributed by atoms with Crippen molar-refractivity contribution in [3.63, 3.8) is 0 Å². The Bertz CT molecular complexity index is 1340. The fourth-order valence-electron chi connectivity index (χ4n) is 3.71. The second-order valence-electron chi connectivity index (χ2n) is 7.49. The monoisotopic (exact) mass is 403 g/mol. The summed E-state index contributed by atoms with van der Waals surface area (Å²) in [7, 11) is 1.65. The lowest BCUT2D eigenvalue weighted by atomic mass is 9.96. The topological polar surface area (TPSA) is 31.4 Å². The van der Waals surface area contributed by atoms with Crippen molar-refractivity contribution in [1.29, 1.82) is 0 Å². The SMILES string of the molecule is COC1OC(c2ccccc2)=C(C#Cc2ccc(C)cc2)c2nc3ccccc3cc21. The summed E-state index contributed by atoms with van der Waals surface area (Å²) >= 11 is 0. The molecule has 150 valence electrons. The Morgan fingerprint density at radius 1 is 0.871 bits per heavy atom. The van der Waals surface area contributed by atoms with Crippen molar-refractivity contribution in [3.8, 4) is 11.8 Å². The summed E-state index contributed by atoms with van der Waals surface area (Å²) in [5.74, 6) is 7.34. The summed E-state index contributed by atoms with van der Waals surface area (Å²) in [4.78, 5) is 4.98. The van der Waals surface area contributed by atoms with Gasteiger partial charge in [-0.2, -0.15) is 0 Å². The van der Waals surface area contributed by atoms with Gasteiger partial charge in [-0.3, -0.25) is 0 Å². The van der Waals surface area contributed by atoms with E-state index in [4.69, 9.17) is 14.5 Å². The highest BCUT2D eigenvalue weighted by Crippen LogP contribution is 2.41. The lowest BCUT2D eigenvalue weighted by Crippen LogP contribution is -2.16. The zero-order chi connectivity index (χ0) is 21.2. The molecule has 2 heterocycles. The Morgan fingerprint density at radius 3 is 2.39 bits per heavy atom. The number of aryl methyl sites for hydroxylation is 1. The van der Waals surface area contributed by atoms with Crippen LogP contribution in [0.3, 0.4) is 0 Å². The van der Waals surface area contributed by atoms with Crippen LogP contribution in [0.25, 0.3) is 22.2 Å². The molecular formula is C28H21NO2. The second kappa shape index (κ2) is 8.10. The molecule has 5 rings (SSSR count). The second-order valence-corrected chi connectivity index (χ2v) is 7.49. The van der Waals surface area contributed by atoms with Crippen LogP contribution in [0.2, 0.25) is 0 Å². The summed E-state index contributed by atoms with van der Waals surface area (Å²) in [6, 6.07) is 28.3. The number of rotatable bonds is 2. The maximum absolute atomic E-state index is 6.33. The summed E-state index contributed by atoms with van der Waals surface area (Å²) < 4.78 is 12.0. The third-order valence-electron chi connectivity index (χ3n) is 5.33. The largest absolute Gasteiger partial charge is 0.458 e. The van der Waals surface area contributed by atoms with E-state index in [-0.39, 0.29) is 0 Å². The Morgan fingerprint density at radius 2 is 1.61 bits per heavy atom. The van der Waals surface area contributed by atoms with Crippen LogP contribution < -0.4 is 0 Å². The van der Waals surface area contributed by atoms with E-state index in [0.29, 0.717) is 5.76 Å². The van der Waals surface area contributed by atoms with Gasteiger partial charge >= 0.3 is 0 Å². The number of methoxy groups -OCH3 is 1. The highest BCUT2D eigenvalue weighted by atomic mass is 16.7. The van der Waals surface area contributed by atoms with Gasteiger partial charge in [0.25, 0.3) is 0 Å². The van der Waals surface area contributed by atoms with Gasteiger partial charge < -0.3 is 9.47 Å². The number of allylic oxidation sites excluding steroid dienone is 1. The molecule has 0 saturated heterocycles. The molecular weight excluding hydrogens is 382 g/mol. The maximum atomic E-state index is 6.33. The van der Waals surface area contributed by atoms with Crippen LogP contribution in [0.1, 0.15) is 34.2 Å². The number of pyridine rings is 1. The van der Waals surface area contributed by atoms with E-state index >= 15 is 0 Å². The Balaban J connectivity index is 1.76. The van der Waals surface area contributed by atoms with Crippen molar-refractivity contribution in [2.45, 2.75) is 13.2 Å². The van der Waals surface area contributed by atoms with Crippen LogP contribution in [-0.4, -0.2) is 12.1 Å². The van der Waals surface area contributed by atoms with E-state index in [0.717, 1.165) is 38.9 Å². The number of nitrogens with zero attached hydrogens (tertiary/aromatic N) is 1. The number of aromatic nitrogens is 1. The van der Waals surface area contributed by atoms with Crippen molar-refractivity contribution >= 4 is 22.2 Å². The van der Waals surface area contributed by atoms with Crippen LogP contribution in [0.5, 0.6) is 0 Å². The average Bonchev–Trinajstić information content (AvgIpc) is 2.82. The first-order valence-electron chi connectivity index (χ1n) is 10.2. The minimum atomic E-state index is -0.549. The quantitative estimate of drug-likeness (QED) is 0.377. The smallest absolute Gasteiger partial charge is 0.228 e. The average molecular weight is 403 g/mol. The molecule has 1 aliphatic rings. The van der Waals surface area contributed by atoms with Gasteiger partial charge in [0.05, 0.1) is 16.8 Å². The molecule has 31 heavy (non-hydrogen) atoms. The molecule has 0 bridgehead atoms. The predicted octanol–water partition coefficient (Wildman–Crippen LogP) is 6.14. The van der Waals surface area contributed by atoms with Crippen LogP contribution in [-0.2, 0) is 9.47 Å². The molecule has 0 amide bonds. The van der Waals surface area contributed by atoms with E-state index in [1.807, 2.05) is 66.7 Å². The molecule has 0 saturated carbocycles. The number of hydrogen-bond donors (Lipinski definition) is 0.